The molecule has 0 fully saturated rings. The Morgan fingerprint density at radius 2 is 1.93 bits per heavy atom. The third kappa shape index (κ3) is 4.34. The molecule has 0 radical (unpaired) electrons. The van der Waals surface area contributed by atoms with Crippen LogP contribution in [0.4, 0.5) is 0 Å². The highest BCUT2D eigenvalue weighted by Crippen LogP contribution is 2.17. The van der Waals surface area contributed by atoms with Crippen molar-refractivity contribution >= 4 is 11.2 Å². The van der Waals surface area contributed by atoms with E-state index < -0.39 is 5.69 Å². The summed E-state index contributed by atoms with van der Waals surface area (Å²) in [4.78, 5) is 33.4. The van der Waals surface area contributed by atoms with Crippen LogP contribution in [0.2, 0.25) is 0 Å². The van der Waals surface area contributed by atoms with Gasteiger partial charge in [-0.15, -0.1) is 0 Å². The fourth-order valence-electron chi connectivity index (χ4n) is 3.77. The van der Waals surface area contributed by atoms with Crippen LogP contribution in [-0.2, 0) is 20.1 Å². The number of aromatic nitrogens is 4. The average molecular weight is 399 g/mol. The second kappa shape index (κ2) is 8.78. The molecule has 3 rings (SSSR count). The maximum Gasteiger partial charge on any atom is 0.329 e. The van der Waals surface area contributed by atoms with Crippen molar-refractivity contribution in [3.63, 3.8) is 0 Å². The number of aryl methyl sites for hydroxylation is 3. The highest BCUT2D eigenvalue weighted by molar-refractivity contribution is 5.71. The number of hydrogen-bond acceptors (Lipinski definition) is 3. The van der Waals surface area contributed by atoms with Crippen LogP contribution in [0.3, 0.4) is 0 Å². The van der Waals surface area contributed by atoms with Crippen LogP contribution in [0.1, 0.15) is 49.2 Å². The highest BCUT2D eigenvalue weighted by atomic mass is 16.2. The third-order valence-corrected chi connectivity index (χ3v) is 5.71. The van der Waals surface area contributed by atoms with E-state index in [2.05, 4.69) is 50.9 Å². The Hall–Kier alpha value is -2.67. The highest BCUT2D eigenvalue weighted by Gasteiger charge is 2.21. The van der Waals surface area contributed by atoms with Crippen molar-refractivity contribution in [2.75, 3.05) is 13.1 Å². The van der Waals surface area contributed by atoms with Gasteiger partial charge in [-0.3, -0.25) is 14.3 Å². The molecule has 156 valence electrons. The van der Waals surface area contributed by atoms with Crippen molar-refractivity contribution in [1.29, 1.82) is 0 Å². The second-order valence-corrected chi connectivity index (χ2v) is 7.92. The first-order valence-electron chi connectivity index (χ1n) is 10.4. The van der Waals surface area contributed by atoms with Crippen LogP contribution in [0.25, 0.3) is 11.2 Å². The Balaban J connectivity index is 2.16. The number of aromatic amines is 1. The van der Waals surface area contributed by atoms with Crippen molar-refractivity contribution in [3.8, 4) is 0 Å². The van der Waals surface area contributed by atoms with E-state index in [0.717, 1.165) is 43.9 Å². The Morgan fingerprint density at radius 3 is 2.62 bits per heavy atom. The molecule has 2 N–H and O–H groups in total. The summed E-state index contributed by atoms with van der Waals surface area (Å²) in [7, 11) is 1.65. The molecule has 1 unspecified atom stereocenters. The molecule has 7 heteroatoms. The van der Waals surface area contributed by atoms with E-state index in [1.54, 1.807) is 7.05 Å². The summed E-state index contributed by atoms with van der Waals surface area (Å²) in [5, 5.41) is 0. The summed E-state index contributed by atoms with van der Waals surface area (Å²) in [5.74, 6) is 0.848. The predicted molar refractivity (Wildman–Crippen MR) is 116 cm³/mol. The summed E-state index contributed by atoms with van der Waals surface area (Å²) < 4.78 is 3.43. The van der Waals surface area contributed by atoms with Gasteiger partial charge in [0.25, 0.3) is 5.56 Å². The van der Waals surface area contributed by atoms with Gasteiger partial charge in [-0.25, -0.2) is 9.78 Å². The van der Waals surface area contributed by atoms with Gasteiger partial charge in [-0.05, 0) is 38.3 Å². The molecule has 2 aromatic heterocycles. The third-order valence-electron chi connectivity index (χ3n) is 5.71. The summed E-state index contributed by atoms with van der Waals surface area (Å²) in [6, 6.07) is 6.35. The van der Waals surface area contributed by atoms with Gasteiger partial charge >= 0.3 is 5.69 Å². The molecule has 7 nitrogen and oxygen atoms in total. The van der Waals surface area contributed by atoms with Gasteiger partial charge in [-0.1, -0.05) is 37.1 Å². The summed E-state index contributed by atoms with van der Waals surface area (Å²) in [6.07, 6.45) is 2.30. The van der Waals surface area contributed by atoms with Crippen LogP contribution in [-0.4, -0.2) is 32.2 Å². The zero-order chi connectivity index (χ0) is 21.1. The molecular weight excluding hydrogens is 366 g/mol. The Labute approximate surface area is 171 Å². The minimum absolute atomic E-state index is 0.376. The predicted octanol–water partition coefficient (Wildman–Crippen LogP) is 1.29. The second-order valence-electron chi connectivity index (χ2n) is 7.92. The topological polar surface area (TPSA) is 77.1 Å². The molecule has 1 atom stereocenters. The van der Waals surface area contributed by atoms with Crippen LogP contribution >= 0.6 is 0 Å². The summed E-state index contributed by atoms with van der Waals surface area (Å²) in [5.41, 5.74) is 3.62. The van der Waals surface area contributed by atoms with E-state index in [0.29, 0.717) is 17.7 Å². The number of rotatable bonds is 8. The first kappa shape index (κ1) is 21.0. The van der Waals surface area contributed by atoms with Crippen molar-refractivity contribution in [2.24, 2.45) is 7.05 Å². The van der Waals surface area contributed by atoms with Gasteiger partial charge in [0.15, 0.2) is 17.0 Å². The summed E-state index contributed by atoms with van der Waals surface area (Å²) >= 11 is 0. The molecule has 29 heavy (non-hydrogen) atoms. The fraction of sp³-hybridized carbons (Fsp3) is 0.500. The van der Waals surface area contributed by atoms with E-state index in [9.17, 15) is 9.59 Å². The molecule has 2 heterocycles. The van der Waals surface area contributed by atoms with Crippen molar-refractivity contribution in [2.45, 2.75) is 53.6 Å². The smallest absolute Gasteiger partial charge is 0.329 e. The monoisotopic (exact) mass is 398 g/mol. The maximum absolute atomic E-state index is 12.7. The van der Waals surface area contributed by atoms with Gasteiger partial charge < -0.3 is 9.47 Å². The van der Waals surface area contributed by atoms with Crippen LogP contribution in [0, 0.1) is 13.8 Å². The SMILES string of the molecule is CCCC[NH+](CC)Cc1nc2c(c(=O)[nH]c(=O)n2C)n1Cc1cc(C)ccc1C. The lowest BCUT2D eigenvalue weighted by molar-refractivity contribution is -0.913. The summed E-state index contributed by atoms with van der Waals surface area (Å²) in [6.45, 7) is 11.9. The number of imidazole rings is 1. The van der Waals surface area contributed by atoms with E-state index in [1.807, 2.05) is 4.57 Å². The lowest BCUT2D eigenvalue weighted by atomic mass is 10.1. The Morgan fingerprint density at radius 1 is 1.17 bits per heavy atom. The number of hydrogen-bond donors (Lipinski definition) is 2. The number of quaternary nitrogens is 1. The number of H-pyrrole nitrogens is 1. The minimum atomic E-state index is -0.434. The minimum Gasteiger partial charge on any atom is -0.329 e. The first-order valence-corrected chi connectivity index (χ1v) is 10.4. The molecule has 0 saturated heterocycles. The zero-order valence-corrected chi connectivity index (χ0v) is 18.1. The number of fused-ring (bicyclic) bond motifs is 1. The lowest BCUT2D eigenvalue weighted by Crippen LogP contribution is -3.10. The number of benzene rings is 1. The van der Waals surface area contributed by atoms with Crippen LogP contribution < -0.4 is 16.1 Å². The zero-order valence-electron chi connectivity index (χ0n) is 18.1. The van der Waals surface area contributed by atoms with Gasteiger partial charge in [0.05, 0.1) is 19.6 Å². The lowest BCUT2D eigenvalue weighted by Gasteiger charge is -2.18. The van der Waals surface area contributed by atoms with E-state index in [-0.39, 0.29) is 5.56 Å². The molecule has 0 aliphatic carbocycles. The number of nitrogens with one attached hydrogen (secondary N) is 2. The van der Waals surface area contributed by atoms with Gasteiger partial charge in [0.1, 0.15) is 6.54 Å². The fourth-order valence-corrected chi connectivity index (χ4v) is 3.77. The molecule has 0 spiro atoms. The maximum atomic E-state index is 12.7. The van der Waals surface area contributed by atoms with E-state index >= 15 is 0 Å². The first-order chi connectivity index (χ1) is 13.8. The number of unbranched alkanes of at least 4 members (excludes halogenated alkanes) is 1. The van der Waals surface area contributed by atoms with E-state index in [1.165, 1.54) is 20.6 Å². The normalized spacial score (nSPS) is 12.6. The van der Waals surface area contributed by atoms with Crippen LogP contribution in [0.5, 0.6) is 0 Å². The molecule has 0 aliphatic rings. The standard InChI is InChI=1S/C22H31N5O2/c1-6-8-11-26(7-2)14-18-23-20-19(21(28)24-22(29)25(20)5)27(18)13-17-12-15(3)9-10-16(17)4/h9-10,12H,6-8,11,13-14H2,1-5H3,(H,24,28,29)/p+1. The van der Waals surface area contributed by atoms with E-state index in [4.69, 9.17) is 4.98 Å². The van der Waals surface area contributed by atoms with Crippen LogP contribution in [0.15, 0.2) is 27.8 Å². The quantitative estimate of drug-likeness (QED) is 0.600. The number of nitrogens with zero attached hydrogens (tertiary/aromatic N) is 3. The van der Waals surface area contributed by atoms with Gasteiger partial charge in [-0.2, -0.15) is 0 Å². The van der Waals surface area contributed by atoms with Gasteiger partial charge in [0.2, 0.25) is 0 Å². The molecule has 1 aromatic carbocycles. The molecule has 3 aromatic rings. The molecule has 0 amide bonds. The molecule has 0 bridgehead atoms. The molecule has 0 aliphatic heterocycles. The van der Waals surface area contributed by atoms with Crippen molar-refractivity contribution in [1.82, 2.24) is 19.1 Å². The largest absolute Gasteiger partial charge is 0.329 e. The average Bonchev–Trinajstić information content (AvgIpc) is 3.04. The Kier molecular flexibility index (Phi) is 6.37. The molecule has 0 saturated carbocycles. The van der Waals surface area contributed by atoms with Gasteiger partial charge in [0, 0.05) is 7.05 Å². The molecular formula is C22H32N5O2+. The van der Waals surface area contributed by atoms with Crippen molar-refractivity contribution in [3.05, 3.63) is 61.6 Å². The Bertz CT molecular complexity index is 1120. The van der Waals surface area contributed by atoms with Crippen molar-refractivity contribution < 1.29 is 4.90 Å².